The maximum atomic E-state index is 6.13. The van der Waals surface area contributed by atoms with E-state index in [0.717, 1.165) is 24.4 Å². The standard InChI is InChI=1S/C11H15N5/c1-2-7-16-10(3-4-15-16)11(12)9-8-13-5-6-14-9/h3-6,8,11H,2,7,12H2,1H3. The van der Waals surface area contributed by atoms with E-state index in [1.54, 1.807) is 24.8 Å². The molecule has 0 spiro atoms. The van der Waals surface area contributed by atoms with E-state index in [1.165, 1.54) is 0 Å². The van der Waals surface area contributed by atoms with E-state index in [1.807, 2.05) is 10.7 Å². The SMILES string of the molecule is CCCn1nccc1C(N)c1cnccn1. The van der Waals surface area contributed by atoms with E-state index in [-0.39, 0.29) is 6.04 Å². The zero-order valence-electron chi connectivity index (χ0n) is 9.24. The Morgan fingerprint density at radius 3 is 2.94 bits per heavy atom. The largest absolute Gasteiger partial charge is 0.318 e. The van der Waals surface area contributed by atoms with E-state index >= 15 is 0 Å². The fourth-order valence-corrected chi connectivity index (χ4v) is 1.63. The monoisotopic (exact) mass is 217 g/mol. The summed E-state index contributed by atoms with van der Waals surface area (Å²) in [6.45, 7) is 2.98. The molecule has 0 saturated carbocycles. The van der Waals surface area contributed by atoms with Crippen LogP contribution in [0.4, 0.5) is 0 Å². The molecule has 5 heteroatoms. The highest BCUT2D eigenvalue weighted by atomic mass is 15.3. The zero-order valence-corrected chi connectivity index (χ0v) is 9.24. The normalized spacial score (nSPS) is 12.6. The number of aryl methyl sites for hydroxylation is 1. The van der Waals surface area contributed by atoms with Gasteiger partial charge in [-0.05, 0) is 12.5 Å². The first-order valence-electron chi connectivity index (χ1n) is 5.36. The van der Waals surface area contributed by atoms with Gasteiger partial charge in [0.25, 0.3) is 0 Å². The van der Waals surface area contributed by atoms with E-state index in [9.17, 15) is 0 Å². The highest BCUT2D eigenvalue weighted by Crippen LogP contribution is 2.16. The fraction of sp³-hybridized carbons (Fsp3) is 0.364. The molecule has 0 amide bonds. The smallest absolute Gasteiger partial charge is 0.0912 e. The van der Waals surface area contributed by atoms with Crippen LogP contribution in [0.3, 0.4) is 0 Å². The van der Waals surface area contributed by atoms with Gasteiger partial charge in [0.05, 0.1) is 23.6 Å². The molecule has 16 heavy (non-hydrogen) atoms. The summed E-state index contributed by atoms with van der Waals surface area (Å²) in [7, 11) is 0. The average molecular weight is 217 g/mol. The number of rotatable bonds is 4. The minimum atomic E-state index is -0.261. The molecule has 0 saturated heterocycles. The second-order valence-electron chi connectivity index (χ2n) is 3.59. The molecular formula is C11H15N5. The number of nitrogens with two attached hydrogens (primary N) is 1. The van der Waals surface area contributed by atoms with Crippen LogP contribution in [-0.2, 0) is 6.54 Å². The number of nitrogens with zero attached hydrogens (tertiary/aromatic N) is 4. The minimum absolute atomic E-state index is 0.261. The molecular weight excluding hydrogens is 202 g/mol. The first kappa shape index (κ1) is 10.8. The van der Waals surface area contributed by atoms with Gasteiger partial charge in [-0.3, -0.25) is 14.6 Å². The molecule has 0 aromatic carbocycles. The Hall–Kier alpha value is -1.75. The lowest BCUT2D eigenvalue weighted by molar-refractivity contribution is 0.556. The lowest BCUT2D eigenvalue weighted by Gasteiger charge is -2.12. The van der Waals surface area contributed by atoms with E-state index in [0.29, 0.717) is 0 Å². The first-order chi connectivity index (χ1) is 7.83. The molecule has 0 bridgehead atoms. The molecule has 1 unspecified atom stereocenters. The van der Waals surface area contributed by atoms with Gasteiger partial charge in [0.15, 0.2) is 0 Å². The highest BCUT2D eigenvalue weighted by Gasteiger charge is 2.14. The quantitative estimate of drug-likeness (QED) is 0.833. The topological polar surface area (TPSA) is 69.6 Å². The van der Waals surface area contributed by atoms with Crippen molar-refractivity contribution in [1.82, 2.24) is 19.7 Å². The summed E-state index contributed by atoms with van der Waals surface area (Å²) in [6, 6.07) is 1.66. The van der Waals surface area contributed by atoms with Gasteiger partial charge < -0.3 is 5.73 Å². The molecule has 84 valence electrons. The van der Waals surface area contributed by atoms with Crippen molar-refractivity contribution in [2.75, 3.05) is 0 Å². The predicted octanol–water partition coefficient (Wildman–Crippen LogP) is 1.13. The van der Waals surface area contributed by atoms with Crippen molar-refractivity contribution in [3.63, 3.8) is 0 Å². The van der Waals surface area contributed by atoms with Crippen molar-refractivity contribution in [2.45, 2.75) is 25.9 Å². The number of hydrogen-bond donors (Lipinski definition) is 1. The Labute approximate surface area is 94.3 Å². The van der Waals surface area contributed by atoms with Gasteiger partial charge in [-0.25, -0.2) is 0 Å². The molecule has 2 aromatic heterocycles. The van der Waals surface area contributed by atoms with Crippen molar-refractivity contribution < 1.29 is 0 Å². The minimum Gasteiger partial charge on any atom is -0.318 e. The Kier molecular flexibility index (Phi) is 3.26. The van der Waals surface area contributed by atoms with Crippen LogP contribution < -0.4 is 5.73 Å². The third-order valence-corrected chi connectivity index (χ3v) is 2.41. The summed E-state index contributed by atoms with van der Waals surface area (Å²) in [5, 5.41) is 4.24. The average Bonchev–Trinajstić information content (AvgIpc) is 2.78. The lowest BCUT2D eigenvalue weighted by atomic mass is 10.1. The van der Waals surface area contributed by atoms with Gasteiger partial charge in [-0.1, -0.05) is 6.92 Å². The molecule has 0 aliphatic carbocycles. The van der Waals surface area contributed by atoms with E-state index < -0.39 is 0 Å². The van der Waals surface area contributed by atoms with Crippen molar-refractivity contribution in [1.29, 1.82) is 0 Å². The molecule has 0 radical (unpaired) electrons. The summed E-state index contributed by atoms with van der Waals surface area (Å²) in [5.41, 5.74) is 7.87. The van der Waals surface area contributed by atoms with Crippen LogP contribution in [0.2, 0.25) is 0 Å². The van der Waals surface area contributed by atoms with Gasteiger partial charge in [0.1, 0.15) is 0 Å². The highest BCUT2D eigenvalue weighted by molar-refractivity contribution is 5.18. The van der Waals surface area contributed by atoms with Gasteiger partial charge in [-0.15, -0.1) is 0 Å². The third kappa shape index (κ3) is 2.09. The maximum absolute atomic E-state index is 6.13. The Balaban J connectivity index is 2.27. The van der Waals surface area contributed by atoms with Crippen LogP contribution in [0, 0.1) is 0 Å². The Bertz CT molecular complexity index is 437. The zero-order chi connectivity index (χ0) is 11.4. The Morgan fingerprint density at radius 2 is 2.25 bits per heavy atom. The molecule has 0 fully saturated rings. The van der Waals surface area contributed by atoms with Crippen molar-refractivity contribution in [3.05, 3.63) is 42.2 Å². The predicted molar refractivity (Wildman–Crippen MR) is 60.6 cm³/mol. The first-order valence-corrected chi connectivity index (χ1v) is 5.36. The van der Waals surface area contributed by atoms with E-state index in [2.05, 4.69) is 22.0 Å². The molecule has 5 nitrogen and oxygen atoms in total. The second-order valence-corrected chi connectivity index (χ2v) is 3.59. The lowest BCUT2D eigenvalue weighted by Crippen LogP contribution is -2.18. The summed E-state index contributed by atoms with van der Waals surface area (Å²) in [4.78, 5) is 8.23. The van der Waals surface area contributed by atoms with Crippen LogP contribution in [0.5, 0.6) is 0 Å². The van der Waals surface area contributed by atoms with Crippen molar-refractivity contribution >= 4 is 0 Å². The van der Waals surface area contributed by atoms with Crippen molar-refractivity contribution in [2.24, 2.45) is 5.73 Å². The van der Waals surface area contributed by atoms with Gasteiger partial charge >= 0.3 is 0 Å². The summed E-state index contributed by atoms with van der Waals surface area (Å²) in [6.07, 6.45) is 7.77. The molecule has 0 aliphatic heterocycles. The van der Waals surface area contributed by atoms with Crippen LogP contribution >= 0.6 is 0 Å². The van der Waals surface area contributed by atoms with Crippen LogP contribution in [-0.4, -0.2) is 19.7 Å². The van der Waals surface area contributed by atoms with Crippen LogP contribution in [0.15, 0.2) is 30.9 Å². The van der Waals surface area contributed by atoms with E-state index in [4.69, 9.17) is 5.73 Å². The second kappa shape index (κ2) is 4.85. The molecule has 2 aromatic rings. The van der Waals surface area contributed by atoms with Gasteiger partial charge in [0, 0.05) is 25.1 Å². The molecule has 0 aliphatic rings. The third-order valence-electron chi connectivity index (χ3n) is 2.41. The molecule has 2 heterocycles. The van der Waals surface area contributed by atoms with Crippen LogP contribution in [0.25, 0.3) is 0 Å². The number of aromatic nitrogens is 4. The summed E-state index contributed by atoms with van der Waals surface area (Å²) < 4.78 is 1.92. The van der Waals surface area contributed by atoms with Crippen LogP contribution in [0.1, 0.15) is 30.8 Å². The molecule has 2 rings (SSSR count). The Morgan fingerprint density at radius 1 is 1.38 bits per heavy atom. The molecule has 2 N–H and O–H groups in total. The summed E-state index contributed by atoms with van der Waals surface area (Å²) in [5.74, 6) is 0. The number of hydrogen-bond acceptors (Lipinski definition) is 4. The molecule has 1 atom stereocenters. The maximum Gasteiger partial charge on any atom is 0.0912 e. The van der Waals surface area contributed by atoms with Crippen molar-refractivity contribution in [3.8, 4) is 0 Å². The summed E-state index contributed by atoms with van der Waals surface area (Å²) >= 11 is 0. The fourth-order valence-electron chi connectivity index (χ4n) is 1.63. The van der Waals surface area contributed by atoms with Gasteiger partial charge in [0.2, 0.25) is 0 Å². The van der Waals surface area contributed by atoms with Gasteiger partial charge in [-0.2, -0.15) is 5.10 Å².